The maximum Gasteiger partial charge on any atom is 0.330 e. The summed E-state index contributed by atoms with van der Waals surface area (Å²) < 4.78 is 7.31. The number of nitrogens with one attached hydrogen (secondary N) is 3. The quantitative estimate of drug-likeness (QED) is 0.242. The molecule has 0 fully saturated rings. The van der Waals surface area contributed by atoms with E-state index in [9.17, 15) is 24.0 Å². The van der Waals surface area contributed by atoms with Gasteiger partial charge in [-0.2, -0.15) is 0 Å². The van der Waals surface area contributed by atoms with Gasteiger partial charge in [0.2, 0.25) is 11.8 Å². The van der Waals surface area contributed by atoms with Gasteiger partial charge in [0.25, 0.3) is 11.5 Å². The molecule has 12 nitrogen and oxygen atoms in total. The van der Waals surface area contributed by atoms with Crippen molar-refractivity contribution in [3.8, 4) is 0 Å². The Kier molecular flexibility index (Phi) is 12.1. The van der Waals surface area contributed by atoms with Crippen LogP contribution < -0.4 is 21.5 Å². The molecule has 2 rings (SSSR count). The Morgan fingerprint density at radius 3 is 2.51 bits per heavy atom. The molecule has 0 aliphatic heterocycles. The molecule has 0 aliphatic carbocycles. The van der Waals surface area contributed by atoms with E-state index >= 15 is 0 Å². The molecule has 0 radical (unpaired) electrons. The van der Waals surface area contributed by atoms with Crippen molar-refractivity contribution in [1.29, 1.82) is 0 Å². The number of nitrogens with zero attached hydrogens (tertiary/aromatic N) is 3. The van der Waals surface area contributed by atoms with Gasteiger partial charge in [0, 0.05) is 25.9 Å². The fourth-order valence-electron chi connectivity index (χ4n) is 3.85. The molecule has 0 aromatic carbocycles. The first-order valence-corrected chi connectivity index (χ1v) is 12.9. The average Bonchev–Trinajstić information content (AvgIpc) is 3.35. The Balaban J connectivity index is 2.20. The van der Waals surface area contributed by atoms with Crippen molar-refractivity contribution in [3.63, 3.8) is 0 Å². The number of rotatable bonds is 14. The minimum atomic E-state index is -1.06. The van der Waals surface area contributed by atoms with E-state index in [2.05, 4.69) is 39.5 Å². The SMILES string of the molecule is CCC(CC)CNC(=O)Cn1cccc(NC(=O)[C@@H](NC(=O)c2cncn2C)[C@@H](C)C/C=C/C(=O)OC)c1=O. The number of aryl methyl sites for hydroxylation is 1. The molecule has 0 spiro atoms. The predicted molar refractivity (Wildman–Crippen MR) is 146 cm³/mol. The number of hydrogen-bond donors (Lipinski definition) is 3. The van der Waals surface area contributed by atoms with Crippen LogP contribution in [0.25, 0.3) is 0 Å². The minimum absolute atomic E-state index is 0.0348. The number of amides is 3. The fourth-order valence-corrected chi connectivity index (χ4v) is 3.85. The maximum absolute atomic E-state index is 13.3. The first kappa shape index (κ1) is 31.0. The zero-order valence-electron chi connectivity index (χ0n) is 23.1. The summed E-state index contributed by atoms with van der Waals surface area (Å²) in [5.41, 5.74) is -0.350. The van der Waals surface area contributed by atoms with Crippen molar-refractivity contribution < 1.29 is 23.9 Å². The number of carbonyl (C=O) groups is 4. The minimum Gasteiger partial charge on any atom is -0.466 e. The second kappa shape index (κ2) is 15.3. The fraction of sp³-hybridized carbons (Fsp3) is 0.481. The summed E-state index contributed by atoms with van der Waals surface area (Å²) in [6, 6.07) is 1.92. The van der Waals surface area contributed by atoms with Gasteiger partial charge in [-0.05, 0) is 30.4 Å². The summed E-state index contributed by atoms with van der Waals surface area (Å²) in [5.74, 6) is -2.11. The molecule has 0 unspecified atom stereocenters. The van der Waals surface area contributed by atoms with Gasteiger partial charge >= 0.3 is 5.97 Å². The third kappa shape index (κ3) is 9.24. The monoisotopic (exact) mass is 542 g/mol. The van der Waals surface area contributed by atoms with Crippen LogP contribution in [-0.4, -0.2) is 57.5 Å². The van der Waals surface area contributed by atoms with Crippen LogP contribution in [0, 0.1) is 11.8 Å². The Labute approximate surface area is 227 Å². The summed E-state index contributed by atoms with van der Waals surface area (Å²) in [5, 5.41) is 8.14. The van der Waals surface area contributed by atoms with Crippen LogP contribution >= 0.6 is 0 Å². The van der Waals surface area contributed by atoms with Crippen molar-refractivity contribution in [2.24, 2.45) is 18.9 Å². The molecular weight excluding hydrogens is 504 g/mol. The van der Waals surface area contributed by atoms with E-state index in [1.54, 1.807) is 26.1 Å². The van der Waals surface area contributed by atoms with E-state index < -0.39 is 35.3 Å². The number of carbonyl (C=O) groups excluding carboxylic acids is 4. The van der Waals surface area contributed by atoms with Crippen LogP contribution in [0.5, 0.6) is 0 Å². The molecule has 2 heterocycles. The number of hydrogen-bond acceptors (Lipinski definition) is 7. The number of esters is 1. The third-order valence-electron chi connectivity index (χ3n) is 6.49. The zero-order chi connectivity index (χ0) is 28.9. The zero-order valence-corrected chi connectivity index (χ0v) is 23.1. The summed E-state index contributed by atoms with van der Waals surface area (Å²) in [6.45, 7) is 6.16. The summed E-state index contributed by atoms with van der Waals surface area (Å²) in [4.78, 5) is 67.0. The normalized spacial score (nSPS) is 12.7. The van der Waals surface area contributed by atoms with Gasteiger partial charge in [-0.15, -0.1) is 0 Å². The highest BCUT2D eigenvalue weighted by atomic mass is 16.5. The number of pyridine rings is 1. The van der Waals surface area contributed by atoms with Crippen molar-refractivity contribution in [3.05, 3.63) is 59.1 Å². The first-order valence-electron chi connectivity index (χ1n) is 12.9. The molecule has 3 N–H and O–H groups in total. The second-order valence-electron chi connectivity index (χ2n) is 9.31. The number of aromatic nitrogens is 3. The summed E-state index contributed by atoms with van der Waals surface area (Å²) in [6.07, 6.45) is 9.21. The topological polar surface area (TPSA) is 153 Å². The molecule has 39 heavy (non-hydrogen) atoms. The van der Waals surface area contributed by atoms with E-state index in [0.29, 0.717) is 12.5 Å². The van der Waals surface area contributed by atoms with Gasteiger partial charge in [-0.1, -0.05) is 39.7 Å². The average molecular weight is 543 g/mol. The Morgan fingerprint density at radius 2 is 1.90 bits per heavy atom. The Bertz CT molecular complexity index is 1230. The number of anilines is 1. The third-order valence-corrected chi connectivity index (χ3v) is 6.49. The summed E-state index contributed by atoms with van der Waals surface area (Å²) >= 11 is 0. The van der Waals surface area contributed by atoms with Crippen LogP contribution in [0.15, 0.2) is 47.8 Å². The lowest BCUT2D eigenvalue weighted by Gasteiger charge is -2.24. The molecule has 0 bridgehead atoms. The van der Waals surface area contributed by atoms with Crippen LogP contribution in [-0.2, 0) is 32.7 Å². The lowest BCUT2D eigenvalue weighted by atomic mass is 9.96. The first-order chi connectivity index (χ1) is 18.6. The van der Waals surface area contributed by atoms with E-state index in [4.69, 9.17) is 0 Å². The molecule has 212 valence electrons. The van der Waals surface area contributed by atoms with Crippen LogP contribution in [0.3, 0.4) is 0 Å². The molecule has 2 aromatic rings. The van der Waals surface area contributed by atoms with Crippen LogP contribution in [0.4, 0.5) is 5.69 Å². The second-order valence-corrected chi connectivity index (χ2v) is 9.31. The van der Waals surface area contributed by atoms with E-state index in [-0.39, 0.29) is 30.3 Å². The molecule has 3 amide bonds. The lowest BCUT2D eigenvalue weighted by Crippen LogP contribution is -2.48. The standard InChI is InChI=1S/C27H38N6O6/c1-6-19(7-2)14-29-22(34)16-33-13-9-11-20(27(33)38)30-26(37)24(18(3)10-8-12-23(35)39-5)31-25(36)21-15-28-17-32(21)4/h8-9,11-13,15,17-19,24H,6-7,10,14,16H2,1-5H3,(H,29,34)(H,30,37)(H,31,36)/b12-8+/t18-,24-/m0/s1. The Hall–Kier alpha value is -4.22. The van der Waals surface area contributed by atoms with Crippen LogP contribution in [0.2, 0.25) is 0 Å². The molecule has 0 saturated carbocycles. The van der Waals surface area contributed by atoms with Gasteiger partial charge in [0.1, 0.15) is 24.0 Å². The van der Waals surface area contributed by atoms with E-state index in [1.165, 1.54) is 47.1 Å². The summed E-state index contributed by atoms with van der Waals surface area (Å²) in [7, 11) is 2.90. The highest BCUT2D eigenvalue weighted by molar-refractivity contribution is 6.00. The number of methoxy groups -OCH3 is 1. The van der Waals surface area contributed by atoms with Gasteiger partial charge in [-0.25, -0.2) is 9.78 Å². The van der Waals surface area contributed by atoms with E-state index in [0.717, 1.165) is 12.8 Å². The predicted octanol–water partition coefficient (Wildman–Crippen LogP) is 1.63. The molecule has 2 atom stereocenters. The molecule has 0 saturated heterocycles. The maximum atomic E-state index is 13.3. The van der Waals surface area contributed by atoms with Gasteiger partial charge in [0.15, 0.2) is 0 Å². The molecular formula is C27H38N6O6. The number of ether oxygens (including phenoxy) is 1. The highest BCUT2D eigenvalue weighted by Crippen LogP contribution is 2.13. The number of imidazole rings is 1. The smallest absolute Gasteiger partial charge is 0.330 e. The van der Waals surface area contributed by atoms with Gasteiger partial charge in [0.05, 0.1) is 19.6 Å². The Morgan fingerprint density at radius 1 is 1.18 bits per heavy atom. The van der Waals surface area contributed by atoms with Gasteiger partial charge in [-0.3, -0.25) is 19.2 Å². The molecule has 0 aliphatic rings. The van der Waals surface area contributed by atoms with Crippen molar-refractivity contribution >= 4 is 29.4 Å². The molecule has 2 aromatic heterocycles. The van der Waals surface area contributed by atoms with Gasteiger partial charge < -0.3 is 29.8 Å². The highest BCUT2D eigenvalue weighted by Gasteiger charge is 2.28. The van der Waals surface area contributed by atoms with Crippen LogP contribution in [0.1, 0.15) is 50.5 Å². The van der Waals surface area contributed by atoms with Crippen molar-refractivity contribution in [1.82, 2.24) is 24.8 Å². The van der Waals surface area contributed by atoms with E-state index in [1.807, 2.05) is 0 Å². The largest absolute Gasteiger partial charge is 0.466 e. The van der Waals surface area contributed by atoms with Crippen molar-refractivity contribution in [2.45, 2.75) is 52.6 Å². The van der Waals surface area contributed by atoms with Crippen molar-refractivity contribution in [2.75, 3.05) is 19.0 Å². The lowest BCUT2D eigenvalue weighted by molar-refractivity contribution is -0.134. The number of allylic oxidation sites excluding steroid dienone is 1. The molecule has 12 heteroatoms.